The zero-order valence-electron chi connectivity index (χ0n) is 13.6. The number of thiophene rings is 1. The number of hydrogen-bond donors (Lipinski definition) is 3. The Kier molecular flexibility index (Phi) is 6.29. The molecule has 0 unspecified atom stereocenters. The number of carbonyl (C=O) groups excluding carboxylic acids is 2. The molecular formula is C16H19N3O4S2. The van der Waals surface area contributed by atoms with E-state index >= 15 is 0 Å². The molecule has 2 rings (SSSR count). The third-order valence-electron chi connectivity index (χ3n) is 3.42. The predicted molar refractivity (Wildman–Crippen MR) is 97.1 cm³/mol. The number of nitrogens with one attached hydrogen (secondary N) is 2. The van der Waals surface area contributed by atoms with Crippen LogP contribution in [-0.2, 0) is 21.2 Å². The number of hydrogen-bond acceptors (Lipinski definition) is 5. The van der Waals surface area contributed by atoms with Crippen LogP contribution in [0.3, 0.4) is 0 Å². The van der Waals surface area contributed by atoms with Crippen LogP contribution < -0.4 is 15.8 Å². The Morgan fingerprint density at radius 2 is 2.00 bits per heavy atom. The number of amides is 2. The summed E-state index contributed by atoms with van der Waals surface area (Å²) in [6.07, 6.45) is 0.575. The molecule has 1 aromatic carbocycles. The number of benzene rings is 1. The van der Waals surface area contributed by atoms with Gasteiger partial charge in [-0.15, -0.1) is 11.3 Å². The molecule has 0 spiro atoms. The summed E-state index contributed by atoms with van der Waals surface area (Å²) in [6, 6.07) is 8.05. The fraction of sp³-hybridized carbons (Fsp3) is 0.250. The van der Waals surface area contributed by atoms with Crippen molar-refractivity contribution < 1.29 is 18.0 Å². The minimum absolute atomic E-state index is 0.00111. The van der Waals surface area contributed by atoms with Crippen molar-refractivity contribution in [3.8, 4) is 0 Å². The normalized spacial score (nSPS) is 11.1. The van der Waals surface area contributed by atoms with Gasteiger partial charge in [0.15, 0.2) is 0 Å². The molecule has 134 valence electrons. The Bertz CT molecular complexity index is 862. The number of sulfonamides is 1. The second kappa shape index (κ2) is 8.24. The van der Waals surface area contributed by atoms with Crippen molar-refractivity contribution in [1.29, 1.82) is 0 Å². The zero-order valence-corrected chi connectivity index (χ0v) is 15.2. The molecule has 1 heterocycles. The summed E-state index contributed by atoms with van der Waals surface area (Å²) in [4.78, 5) is 24.3. The first-order valence-electron chi connectivity index (χ1n) is 7.58. The van der Waals surface area contributed by atoms with Gasteiger partial charge in [0.05, 0.1) is 9.77 Å². The Morgan fingerprint density at radius 1 is 1.24 bits per heavy atom. The van der Waals surface area contributed by atoms with Crippen molar-refractivity contribution in [1.82, 2.24) is 5.32 Å². The highest BCUT2D eigenvalue weighted by atomic mass is 32.2. The summed E-state index contributed by atoms with van der Waals surface area (Å²) in [5, 5.41) is 12.3. The Morgan fingerprint density at radius 3 is 2.60 bits per heavy atom. The lowest BCUT2D eigenvalue weighted by atomic mass is 10.1. The third-order valence-corrected chi connectivity index (χ3v) is 5.28. The standard InChI is InChI=1S/C16H19N3O4S2/c1-2-11-5-6-12(10-14(11)25(17,22)23)19-15(20)7-8-18-16(21)13-4-3-9-24-13/h3-6,9-10H,2,7-8H2,1H3,(H,18,21)(H,19,20)(H2,17,22,23). The van der Waals surface area contributed by atoms with E-state index in [-0.39, 0.29) is 29.7 Å². The van der Waals surface area contributed by atoms with Gasteiger partial charge in [-0.1, -0.05) is 19.1 Å². The van der Waals surface area contributed by atoms with E-state index in [4.69, 9.17) is 5.14 Å². The minimum atomic E-state index is -3.86. The molecule has 0 saturated heterocycles. The summed E-state index contributed by atoms with van der Waals surface area (Å²) >= 11 is 1.32. The molecular weight excluding hydrogens is 362 g/mol. The molecule has 0 aliphatic carbocycles. The maximum absolute atomic E-state index is 12.0. The van der Waals surface area contributed by atoms with Crippen LogP contribution in [0.25, 0.3) is 0 Å². The lowest BCUT2D eigenvalue weighted by Gasteiger charge is -2.10. The van der Waals surface area contributed by atoms with Gasteiger partial charge in [-0.3, -0.25) is 9.59 Å². The van der Waals surface area contributed by atoms with E-state index in [9.17, 15) is 18.0 Å². The first kappa shape index (κ1) is 19.1. The number of anilines is 1. The van der Waals surface area contributed by atoms with Crippen LogP contribution >= 0.6 is 11.3 Å². The van der Waals surface area contributed by atoms with E-state index in [0.717, 1.165) is 0 Å². The number of rotatable bonds is 7. The van der Waals surface area contributed by atoms with Crippen molar-refractivity contribution in [2.75, 3.05) is 11.9 Å². The fourth-order valence-electron chi connectivity index (χ4n) is 2.20. The van der Waals surface area contributed by atoms with Gasteiger partial charge in [-0.05, 0) is 35.6 Å². The van der Waals surface area contributed by atoms with E-state index in [2.05, 4.69) is 10.6 Å². The van der Waals surface area contributed by atoms with E-state index < -0.39 is 10.0 Å². The topological polar surface area (TPSA) is 118 Å². The highest BCUT2D eigenvalue weighted by Crippen LogP contribution is 2.20. The summed E-state index contributed by atoms with van der Waals surface area (Å²) < 4.78 is 23.3. The molecule has 2 aromatic rings. The SMILES string of the molecule is CCc1ccc(NC(=O)CCNC(=O)c2cccs2)cc1S(N)(=O)=O. The zero-order chi connectivity index (χ0) is 18.4. The summed E-state index contributed by atoms with van der Waals surface area (Å²) in [7, 11) is -3.86. The smallest absolute Gasteiger partial charge is 0.261 e. The quantitative estimate of drug-likeness (QED) is 0.676. The Labute approximate surface area is 150 Å². The van der Waals surface area contributed by atoms with Crippen LogP contribution in [0.5, 0.6) is 0 Å². The van der Waals surface area contributed by atoms with Crippen molar-refractivity contribution in [2.24, 2.45) is 5.14 Å². The van der Waals surface area contributed by atoms with Crippen molar-refractivity contribution in [3.63, 3.8) is 0 Å². The van der Waals surface area contributed by atoms with Crippen LogP contribution in [-0.4, -0.2) is 26.8 Å². The van der Waals surface area contributed by atoms with E-state index in [1.807, 2.05) is 6.92 Å². The second-order valence-corrected chi connectivity index (χ2v) is 7.73. The first-order chi connectivity index (χ1) is 11.8. The lowest BCUT2D eigenvalue weighted by molar-refractivity contribution is -0.116. The first-order valence-corrected chi connectivity index (χ1v) is 10.0. The van der Waals surface area contributed by atoms with Crippen molar-refractivity contribution >= 4 is 38.9 Å². The largest absolute Gasteiger partial charge is 0.351 e. The van der Waals surface area contributed by atoms with Crippen molar-refractivity contribution in [3.05, 3.63) is 46.2 Å². The Hall–Kier alpha value is -2.23. The molecule has 0 radical (unpaired) electrons. The average molecular weight is 381 g/mol. The molecule has 0 atom stereocenters. The number of nitrogens with two attached hydrogens (primary N) is 1. The third kappa shape index (κ3) is 5.38. The maximum Gasteiger partial charge on any atom is 0.261 e. The summed E-state index contributed by atoms with van der Waals surface area (Å²) in [5.74, 6) is -0.567. The highest BCUT2D eigenvalue weighted by molar-refractivity contribution is 7.89. The molecule has 0 bridgehead atoms. The minimum Gasteiger partial charge on any atom is -0.351 e. The molecule has 9 heteroatoms. The lowest BCUT2D eigenvalue weighted by Crippen LogP contribution is -2.27. The van der Waals surface area contributed by atoms with E-state index in [1.165, 1.54) is 17.4 Å². The fourth-order valence-corrected chi connectivity index (χ4v) is 3.71. The van der Waals surface area contributed by atoms with Crippen LogP contribution in [0.2, 0.25) is 0 Å². The van der Waals surface area contributed by atoms with Gasteiger partial charge >= 0.3 is 0 Å². The molecule has 0 aliphatic heterocycles. The van der Waals surface area contributed by atoms with Crippen molar-refractivity contribution in [2.45, 2.75) is 24.7 Å². The molecule has 7 nitrogen and oxygen atoms in total. The number of aryl methyl sites for hydroxylation is 1. The monoisotopic (exact) mass is 381 g/mol. The van der Waals surface area contributed by atoms with Gasteiger partial charge in [0.25, 0.3) is 5.91 Å². The molecule has 0 fully saturated rings. The van der Waals surface area contributed by atoms with Gasteiger partial charge in [-0.25, -0.2) is 13.6 Å². The summed E-state index contributed by atoms with van der Waals surface area (Å²) in [5.41, 5.74) is 0.930. The number of primary sulfonamides is 1. The molecule has 25 heavy (non-hydrogen) atoms. The van der Waals surface area contributed by atoms with Gasteiger partial charge in [0, 0.05) is 18.7 Å². The van der Waals surface area contributed by atoms with Gasteiger partial charge in [0.2, 0.25) is 15.9 Å². The van der Waals surface area contributed by atoms with Gasteiger partial charge in [-0.2, -0.15) is 0 Å². The molecule has 0 aliphatic rings. The highest BCUT2D eigenvalue weighted by Gasteiger charge is 2.15. The molecule has 1 aromatic heterocycles. The maximum atomic E-state index is 12.0. The average Bonchev–Trinajstić information content (AvgIpc) is 3.08. The van der Waals surface area contributed by atoms with Gasteiger partial charge < -0.3 is 10.6 Å². The molecule has 0 saturated carbocycles. The summed E-state index contributed by atoms with van der Waals surface area (Å²) in [6.45, 7) is 2.00. The van der Waals surface area contributed by atoms with Crippen LogP contribution in [0.4, 0.5) is 5.69 Å². The van der Waals surface area contributed by atoms with E-state index in [0.29, 0.717) is 22.5 Å². The van der Waals surface area contributed by atoms with Crippen LogP contribution in [0, 0.1) is 0 Å². The number of carbonyl (C=O) groups is 2. The Balaban J connectivity index is 1.93. The predicted octanol–water partition coefficient (Wildman–Crippen LogP) is 1.72. The second-order valence-electron chi connectivity index (χ2n) is 5.25. The van der Waals surface area contributed by atoms with Gasteiger partial charge in [0.1, 0.15) is 0 Å². The van der Waals surface area contributed by atoms with Crippen LogP contribution in [0.1, 0.15) is 28.6 Å². The van der Waals surface area contributed by atoms with Crippen LogP contribution in [0.15, 0.2) is 40.6 Å². The molecule has 4 N–H and O–H groups in total. The molecule has 2 amide bonds. The van der Waals surface area contributed by atoms with E-state index in [1.54, 1.807) is 29.6 Å².